The minimum Gasteiger partial charge on any atom is -0.481 e. The highest BCUT2D eigenvalue weighted by molar-refractivity contribution is 5.76. The van der Waals surface area contributed by atoms with Crippen molar-refractivity contribution in [2.75, 3.05) is 26.7 Å². The van der Waals surface area contributed by atoms with Crippen molar-refractivity contribution in [1.82, 2.24) is 10.2 Å². The average Bonchev–Trinajstić information content (AvgIpc) is 2.14. The molecule has 0 aromatic carbocycles. The van der Waals surface area contributed by atoms with Crippen molar-refractivity contribution in [3.05, 3.63) is 0 Å². The number of hydrogen-bond donors (Lipinski definition) is 2. The van der Waals surface area contributed by atoms with Crippen molar-refractivity contribution >= 4 is 11.9 Å². The molecule has 0 radical (unpaired) electrons. The van der Waals surface area contributed by atoms with Crippen molar-refractivity contribution in [2.45, 2.75) is 19.8 Å². The lowest BCUT2D eigenvalue weighted by Crippen LogP contribution is -2.31. The van der Waals surface area contributed by atoms with Gasteiger partial charge >= 0.3 is 5.97 Å². The van der Waals surface area contributed by atoms with Gasteiger partial charge in [0.1, 0.15) is 0 Å². The summed E-state index contributed by atoms with van der Waals surface area (Å²) in [6.45, 7) is 3.73. The minimum atomic E-state index is -0.878. The predicted molar refractivity (Wildman–Crippen MR) is 53.1 cm³/mol. The summed E-state index contributed by atoms with van der Waals surface area (Å²) in [5.74, 6) is -0.900. The van der Waals surface area contributed by atoms with Gasteiger partial charge in [0.15, 0.2) is 0 Å². The maximum absolute atomic E-state index is 11.3. The molecular weight excluding hydrogens is 184 g/mol. The number of carboxylic acids is 1. The van der Waals surface area contributed by atoms with Crippen LogP contribution in [-0.4, -0.2) is 48.6 Å². The number of hydrogen-bond acceptors (Lipinski definition) is 3. The first-order chi connectivity index (χ1) is 6.57. The number of carboxylic acid groups (broad SMARTS) is 1. The second-order valence-corrected chi connectivity index (χ2v) is 3.06. The summed E-state index contributed by atoms with van der Waals surface area (Å²) >= 11 is 0. The fourth-order valence-corrected chi connectivity index (χ4v) is 0.951. The van der Waals surface area contributed by atoms with Gasteiger partial charge in [0, 0.05) is 26.6 Å². The van der Waals surface area contributed by atoms with Gasteiger partial charge < -0.3 is 15.3 Å². The Labute approximate surface area is 84.1 Å². The minimum absolute atomic E-state index is 0.00342. The lowest BCUT2D eigenvalue weighted by atomic mass is 10.3. The van der Waals surface area contributed by atoms with E-state index < -0.39 is 5.97 Å². The molecule has 82 valence electrons. The molecule has 14 heavy (non-hydrogen) atoms. The van der Waals surface area contributed by atoms with Gasteiger partial charge in [-0.2, -0.15) is 0 Å². The molecule has 0 aliphatic heterocycles. The fraction of sp³-hybridized carbons (Fsp3) is 0.778. The highest BCUT2D eigenvalue weighted by Gasteiger charge is 2.08. The molecule has 0 fully saturated rings. The number of nitrogens with zero attached hydrogens (tertiary/aromatic N) is 1. The number of amides is 1. The Morgan fingerprint density at radius 3 is 2.50 bits per heavy atom. The third-order valence-corrected chi connectivity index (χ3v) is 1.85. The van der Waals surface area contributed by atoms with Crippen LogP contribution in [0.1, 0.15) is 19.8 Å². The highest BCUT2D eigenvalue weighted by atomic mass is 16.4. The van der Waals surface area contributed by atoms with E-state index in [1.165, 1.54) is 4.90 Å². The molecule has 0 aromatic heterocycles. The van der Waals surface area contributed by atoms with Gasteiger partial charge in [-0.1, -0.05) is 6.92 Å². The molecule has 0 atom stereocenters. The molecule has 0 aliphatic carbocycles. The summed E-state index contributed by atoms with van der Waals surface area (Å²) < 4.78 is 0. The van der Waals surface area contributed by atoms with Crippen LogP contribution in [0.5, 0.6) is 0 Å². The Morgan fingerprint density at radius 1 is 1.36 bits per heavy atom. The molecule has 0 heterocycles. The molecule has 5 heteroatoms. The van der Waals surface area contributed by atoms with E-state index >= 15 is 0 Å². The Morgan fingerprint density at radius 2 is 2.00 bits per heavy atom. The second kappa shape index (κ2) is 7.32. The predicted octanol–water partition coefficient (Wildman–Crippen LogP) is -0.0809. The first-order valence-corrected chi connectivity index (χ1v) is 4.74. The van der Waals surface area contributed by atoms with Gasteiger partial charge in [-0.15, -0.1) is 0 Å². The first kappa shape index (κ1) is 12.9. The summed E-state index contributed by atoms with van der Waals surface area (Å²) in [6.07, 6.45) is 0.424. The molecule has 0 bridgehead atoms. The first-order valence-electron chi connectivity index (χ1n) is 4.74. The fourth-order valence-electron chi connectivity index (χ4n) is 0.951. The van der Waals surface area contributed by atoms with E-state index in [1.807, 2.05) is 6.92 Å². The zero-order valence-corrected chi connectivity index (χ0v) is 8.75. The number of carbonyl (C=O) groups is 2. The Hall–Kier alpha value is -1.10. The summed E-state index contributed by atoms with van der Waals surface area (Å²) in [6, 6.07) is 0. The monoisotopic (exact) mass is 202 g/mol. The van der Waals surface area contributed by atoms with Crippen LogP contribution in [0.3, 0.4) is 0 Å². The Bertz CT molecular complexity index is 194. The Balaban J connectivity index is 3.59. The van der Waals surface area contributed by atoms with Gasteiger partial charge in [0.25, 0.3) is 0 Å². The van der Waals surface area contributed by atoms with E-state index in [2.05, 4.69) is 5.32 Å². The van der Waals surface area contributed by atoms with Crippen LogP contribution < -0.4 is 5.32 Å². The molecule has 0 spiro atoms. The van der Waals surface area contributed by atoms with E-state index in [0.717, 1.165) is 6.54 Å². The largest absolute Gasteiger partial charge is 0.481 e. The highest BCUT2D eigenvalue weighted by Crippen LogP contribution is 1.92. The summed E-state index contributed by atoms with van der Waals surface area (Å²) in [5, 5.41) is 11.4. The van der Waals surface area contributed by atoms with Crippen LogP contribution in [0, 0.1) is 0 Å². The number of aliphatic carboxylic acids is 1. The molecule has 0 aromatic rings. The number of rotatable bonds is 7. The molecule has 2 N–H and O–H groups in total. The summed E-state index contributed by atoms with van der Waals surface area (Å²) in [5.41, 5.74) is 0. The van der Waals surface area contributed by atoms with E-state index in [1.54, 1.807) is 7.05 Å². The van der Waals surface area contributed by atoms with Gasteiger partial charge in [-0.25, -0.2) is 0 Å². The van der Waals surface area contributed by atoms with Crippen LogP contribution in [0.25, 0.3) is 0 Å². The lowest BCUT2D eigenvalue weighted by molar-refractivity contribution is -0.138. The van der Waals surface area contributed by atoms with Crippen LogP contribution in [0.2, 0.25) is 0 Å². The zero-order valence-electron chi connectivity index (χ0n) is 8.75. The third-order valence-electron chi connectivity index (χ3n) is 1.85. The normalized spacial score (nSPS) is 9.86. The smallest absolute Gasteiger partial charge is 0.305 e. The maximum atomic E-state index is 11.3. The van der Waals surface area contributed by atoms with Crippen molar-refractivity contribution in [3.8, 4) is 0 Å². The topological polar surface area (TPSA) is 69.6 Å². The number of carbonyl (C=O) groups excluding carboxylic acids is 1. The summed E-state index contributed by atoms with van der Waals surface area (Å²) in [7, 11) is 1.62. The van der Waals surface area contributed by atoms with Gasteiger partial charge in [0.2, 0.25) is 5.91 Å². The van der Waals surface area contributed by atoms with E-state index in [4.69, 9.17) is 5.11 Å². The van der Waals surface area contributed by atoms with Crippen molar-refractivity contribution < 1.29 is 14.7 Å². The van der Waals surface area contributed by atoms with E-state index in [0.29, 0.717) is 13.0 Å². The van der Waals surface area contributed by atoms with E-state index in [9.17, 15) is 9.59 Å². The molecule has 0 saturated heterocycles. The average molecular weight is 202 g/mol. The van der Waals surface area contributed by atoms with Gasteiger partial charge in [-0.3, -0.25) is 9.59 Å². The molecule has 5 nitrogen and oxygen atoms in total. The molecule has 1 amide bonds. The standard InChI is InChI=1S/C9H18N2O3/c1-3-10-6-4-8(12)11(2)7-5-9(13)14/h10H,3-7H2,1-2H3,(H,13,14). The molecular formula is C9H18N2O3. The van der Waals surface area contributed by atoms with Crippen LogP contribution >= 0.6 is 0 Å². The lowest BCUT2D eigenvalue weighted by Gasteiger charge is -2.15. The van der Waals surface area contributed by atoms with E-state index in [-0.39, 0.29) is 18.9 Å². The molecule has 0 saturated carbocycles. The quantitative estimate of drug-likeness (QED) is 0.566. The molecule has 0 aliphatic rings. The van der Waals surface area contributed by atoms with Crippen LogP contribution in [-0.2, 0) is 9.59 Å². The third kappa shape index (κ3) is 6.42. The zero-order chi connectivity index (χ0) is 11.0. The molecule has 0 rings (SSSR count). The molecule has 0 unspecified atom stereocenters. The van der Waals surface area contributed by atoms with Gasteiger partial charge in [-0.05, 0) is 6.54 Å². The second-order valence-electron chi connectivity index (χ2n) is 3.06. The Kier molecular flexibility index (Phi) is 6.74. The van der Waals surface area contributed by atoms with Gasteiger partial charge in [0.05, 0.1) is 6.42 Å². The van der Waals surface area contributed by atoms with Crippen LogP contribution in [0.4, 0.5) is 0 Å². The SMILES string of the molecule is CCNCCC(=O)N(C)CCC(=O)O. The maximum Gasteiger partial charge on any atom is 0.305 e. The van der Waals surface area contributed by atoms with Crippen molar-refractivity contribution in [3.63, 3.8) is 0 Å². The van der Waals surface area contributed by atoms with Crippen molar-refractivity contribution in [1.29, 1.82) is 0 Å². The summed E-state index contributed by atoms with van der Waals surface area (Å²) in [4.78, 5) is 23.0. The van der Waals surface area contributed by atoms with Crippen molar-refractivity contribution in [2.24, 2.45) is 0 Å². The number of nitrogens with one attached hydrogen (secondary N) is 1. The van der Waals surface area contributed by atoms with Crippen LogP contribution in [0.15, 0.2) is 0 Å².